The third-order valence-electron chi connectivity index (χ3n) is 4.48. The van der Waals surface area contributed by atoms with Gasteiger partial charge >= 0.3 is 0 Å². The van der Waals surface area contributed by atoms with Gasteiger partial charge in [-0.1, -0.05) is 33.6 Å². The Morgan fingerprint density at radius 1 is 1.20 bits per heavy atom. The van der Waals surface area contributed by atoms with Crippen molar-refractivity contribution in [3.63, 3.8) is 0 Å². The van der Waals surface area contributed by atoms with Gasteiger partial charge in [-0.25, -0.2) is 0 Å². The third-order valence-corrected chi connectivity index (χ3v) is 4.48. The zero-order valence-corrected chi connectivity index (χ0v) is 14.2. The summed E-state index contributed by atoms with van der Waals surface area (Å²) in [5.41, 5.74) is 0.511. The van der Waals surface area contributed by atoms with Crippen molar-refractivity contribution < 1.29 is 4.74 Å². The Kier molecular flexibility index (Phi) is 8.74. The third kappa shape index (κ3) is 6.55. The standard InChI is InChI=1S/C17H36N2O/c1-5-19(11-12-20-6-2)15-17(9-7-8-10-17)14-18-13-16(3)4/h16,18H,5-15H2,1-4H3. The van der Waals surface area contributed by atoms with Crippen molar-refractivity contribution in [2.24, 2.45) is 11.3 Å². The van der Waals surface area contributed by atoms with E-state index >= 15 is 0 Å². The molecule has 1 rings (SSSR count). The molecule has 1 N–H and O–H groups in total. The number of hydrogen-bond donors (Lipinski definition) is 1. The van der Waals surface area contributed by atoms with Crippen molar-refractivity contribution >= 4 is 0 Å². The van der Waals surface area contributed by atoms with Crippen LogP contribution in [0.5, 0.6) is 0 Å². The van der Waals surface area contributed by atoms with Crippen molar-refractivity contribution in [1.82, 2.24) is 10.2 Å². The zero-order valence-electron chi connectivity index (χ0n) is 14.2. The molecule has 3 nitrogen and oxygen atoms in total. The van der Waals surface area contributed by atoms with Gasteiger partial charge in [-0.05, 0) is 44.2 Å². The summed E-state index contributed by atoms with van der Waals surface area (Å²) in [6, 6.07) is 0. The molecule has 0 bridgehead atoms. The molecular formula is C17H36N2O. The van der Waals surface area contributed by atoms with Gasteiger partial charge in [0.05, 0.1) is 6.61 Å². The molecule has 20 heavy (non-hydrogen) atoms. The average Bonchev–Trinajstić information content (AvgIpc) is 2.86. The summed E-state index contributed by atoms with van der Waals surface area (Å²) in [6.07, 6.45) is 5.60. The molecule has 1 saturated carbocycles. The highest BCUT2D eigenvalue weighted by atomic mass is 16.5. The first kappa shape index (κ1) is 17.9. The Hall–Kier alpha value is -0.120. The van der Waals surface area contributed by atoms with E-state index in [-0.39, 0.29) is 0 Å². The normalized spacial score (nSPS) is 18.3. The maximum Gasteiger partial charge on any atom is 0.0593 e. The molecule has 0 atom stereocenters. The van der Waals surface area contributed by atoms with Crippen LogP contribution >= 0.6 is 0 Å². The lowest BCUT2D eigenvalue weighted by atomic mass is 9.85. The van der Waals surface area contributed by atoms with E-state index in [1.54, 1.807) is 0 Å². The van der Waals surface area contributed by atoms with Gasteiger partial charge in [0.1, 0.15) is 0 Å². The fourth-order valence-electron chi connectivity index (χ4n) is 3.30. The van der Waals surface area contributed by atoms with Crippen molar-refractivity contribution in [1.29, 1.82) is 0 Å². The predicted molar refractivity (Wildman–Crippen MR) is 87.2 cm³/mol. The highest BCUT2D eigenvalue weighted by molar-refractivity contribution is 4.89. The van der Waals surface area contributed by atoms with E-state index in [1.807, 2.05) is 0 Å². The summed E-state index contributed by atoms with van der Waals surface area (Å²) in [7, 11) is 0. The number of nitrogens with zero attached hydrogens (tertiary/aromatic N) is 1. The number of nitrogens with one attached hydrogen (secondary N) is 1. The van der Waals surface area contributed by atoms with E-state index in [1.165, 1.54) is 38.8 Å². The van der Waals surface area contributed by atoms with Crippen LogP contribution in [-0.4, -0.2) is 50.8 Å². The van der Waals surface area contributed by atoms with Crippen LogP contribution in [0.4, 0.5) is 0 Å². The number of hydrogen-bond acceptors (Lipinski definition) is 3. The molecular weight excluding hydrogens is 248 g/mol. The summed E-state index contributed by atoms with van der Waals surface area (Å²) >= 11 is 0. The molecule has 0 radical (unpaired) electrons. The maximum atomic E-state index is 5.52. The van der Waals surface area contributed by atoms with Gasteiger partial charge in [-0.15, -0.1) is 0 Å². The van der Waals surface area contributed by atoms with Crippen molar-refractivity contribution in [2.75, 3.05) is 45.9 Å². The van der Waals surface area contributed by atoms with E-state index < -0.39 is 0 Å². The summed E-state index contributed by atoms with van der Waals surface area (Å²) in [6.45, 7) is 16.4. The van der Waals surface area contributed by atoms with E-state index in [0.29, 0.717) is 5.41 Å². The van der Waals surface area contributed by atoms with Crippen molar-refractivity contribution in [2.45, 2.75) is 53.4 Å². The molecule has 0 aromatic rings. The van der Waals surface area contributed by atoms with Crippen molar-refractivity contribution in [3.8, 4) is 0 Å². The van der Waals surface area contributed by atoms with E-state index in [2.05, 4.69) is 37.9 Å². The van der Waals surface area contributed by atoms with Gasteiger partial charge in [0.15, 0.2) is 0 Å². The van der Waals surface area contributed by atoms with E-state index in [9.17, 15) is 0 Å². The highest BCUT2D eigenvalue weighted by Gasteiger charge is 2.34. The van der Waals surface area contributed by atoms with Gasteiger partial charge in [0.25, 0.3) is 0 Å². The molecule has 0 aromatic carbocycles. The quantitative estimate of drug-likeness (QED) is 0.590. The second-order valence-corrected chi connectivity index (χ2v) is 6.80. The van der Waals surface area contributed by atoms with Crippen LogP contribution in [0.2, 0.25) is 0 Å². The topological polar surface area (TPSA) is 24.5 Å². The minimum atomic E-state index is 0.511. The minimum Gasteiger partial charge on any atom is -0.380 e. The monoisotopic (exact) mass is 284 g/mol. The first-order valence-electron chi connectivity index (χ1n) is 8.62. The summed E-state index contributed by atoms with van der Waals surface area (Å²) in [4.78, 5) is 2.58. The van der Waals surface area contributed by atoms with Gasteiger partial charge in [0, 0.05) is 26.2 Å². The number of likely N-dealkylation sites (N-methyl/N-ethyl adjacent to an activating group) is 1. The summed E-state index contributed by atoms with van der Waals surface area (Å²) < 4.78 is 5.52. The second kappa shape index (κ2) is 9.75. The molecule has 1 aliphatic carbocycles. The SMILES string of the molecule is CCOCCN(CC)CC1(CNCC(C)C)CCCC1. The van der Waals surface area contributed by atoms with Crippen LogP contribution in [0, 0.1) is 11.3 Å². The molecule has 0 aromatic heterocycles. The summed E-state index contributed by atoms with van der Waals surface area (Å²) in [5.74, 6) is 0.744. The highest BCUT2D eigenvalue weighted by Crippen LogP contribution is 2.38. The van der Waals surface area contributed by atoms with Crippen LogP contribution in [0.3, 0.4) is 0 Å². The molecule has 0 spiro atoms. The van der Waals surface area contributed by atoms with Gasteiger partial charge in [0.2, 0.25) is 0 Å². The molecule has 0 heterocycles. The smallest absolute Gasteiger partial charge is 0.0593 e. The van der Waals surface area contributed by atoms with Gasteiger partial charge in [-0.3, -0.25) is 0 Å². The Bertz CT molecular complexity index is 237. The first-order chi connectivity index (χ1) is 9.62. The average molecular weight is 284 g/mol. The van der Waals surface area contributed by atoms with Crippen LogP contribution < -0.4 is 5.32 Å². The molecule has 1 fully saturated rings. The summed E-state index contributed by atoms with van der Waals surface area (Å²) in [5, 5.41) is 3.71. The lowest BCUT2D eigenvalue weighted by Gasteiger charge is -2.35. The van der Waals surface area contributed by atoms with E-state index in [0.717, 1.165) is 38.8 Å². The molecule has 3 heteroatoms. The van der Waals surface area contributed by atoms with Crippen LogP contribution in [-0.2, 0) is 4.74 Å². The predicted octanol–water partition coefficient (Wildman–Crippen LogP) is 3.15. The fraction of sp³-hybridized carbons (Fsp3) is 1.00. The molecule has 0 saturated heterocycles. The maximum absolute atomic E-state index is 5.52. The molecule has 120 valence electrons. The lowest BCUT2D eigenvalue weighted by Crippen LogP contribution is -2.44. The molecule has 0 amide bonds. The number of rotatable bonds is 11. The Balaban J connectivity index is 2.42. The van der Waals surface area contributed by atoms with E-state index in [4.69, 9.17) is 4.74 Å². The van der Waals surface area contributed by atoms with Crippen LogP contribution in [0.15, 0.2) is 0 Å². The molecule has 1 aliphatic rings. The first-order valence-corrected chi connectivity index (χ1v) is 8.62. The van der Waals surface area contributed by atoms with Crippen LogP contribution in [0.25, 0.3) is 0 Å². The fourth-order valence-corrected chi connectivity index (χ4v) is 3.30. The largest absolute Gasteiger partial charge is 0.380 e. The molecule has 0 aliphatic heterocycles. The zero-order chi connectivity index (χ0) is 14.8. The number of ether oxygens (including phenoxy) is 1. The van der Waals surface area contributed by atoms with Crippen molar-refractivity contribution in [3.05, 3.63) is 0 Å². The Morgan fingerprint density at radius 3 is 2.45 bits per heavy atom. The van der Waals surface area contributed by atoms with Gasteiger partial charge < -0.3 is 15.0 Å². The van der Waals surface area contributed by atoms with Gasteiger partial charge in [-0.2, -0.15) is 0 Å². The minimum absolute atomic E-state index is 0.511. The van der Waals surface area contributed by atoms with Crippen LogP contribution in [0.1, 0.15) is 53.4 Å². The Morgan fingerprint density at radius 2 is 1.90 bits per heavy atom. The lowest BCUT2D eigenvalue weighted by molar-refractivity contribution is 0.0891. The molecule has 0 unspecified atom stereocenters. The Labute approximate surface area is 126 Å². The second-order valence-electron chi connectivity index (χ2n) is 6.80.